The van der Waals surface area contributed by atoms with Crippen LogP contribution in [-0.4, -0.2) is 36.6 Å². The lowest BCUT2D eigenvalue weighted by atomic mass is 10.1. The van der Waals surface area contributed by atoms with Crippen LogP contribution in [0, 0.1) is 5.92 Å². The van der Waals surface area contributed by atoms with Gasteiger partial charge in [-0.25, -0.2) is 4.79 Å². The van der Waals surface area contributed by atoms with E-state index in [1.54, 1.807) is 0 Å². The van der Waals surface area contributed by atoms with E-state index in [2.05, 4.69) is 15.4 Å². The van der Waals surface area contributed by atoms with Gasteiger partial charge in [0.2, 0.25) is 0 Å². The van der Waals surface area contributed by atoms with Crippen LogP contribution in [-0.2, 0) is 0 Å². The van der Waals surface area contributed by atoms with Crippen LogP contribution in [0.15, 0.2) is 24.3 Å². The van der Waals surface area contributed by atoms with Crippen molar-refractivity contribution in [3.8, 4) is 5.75 Å². The fourth-order valence-corrected chi connectivity index (χ4v) is 1.41. The number of aliphatic hydroxyl groups excluding tert-OH is 1. The summed E-state index contributed by atoms with van der Waals surface area (Å²) in [5, 5.41) is 14.5. The zero-order valence-electron chi connectivity index (χ0n) is 12.3. The molecule has 0 spiro atoms. The normalized spacial score (nSPS) is 12.9. The monoisotopic (exact) mass is 320 g/mol. The number of halogens is 3. The number of carbonyl (C=O) groups excluding carboxylic acids is 1. The van der Waals surface area contributed by atoms with Crippen LogP contribution in [0.2, 0.25) is 0 Å². The van der Waals surface area contributed by atoms with E-state index in [-0.39, 0.29) is 18.2 Å². The molecule has 2 amide bonds. The summed E-state index contributed by atoms with van der Waals surface area (Å²) in [4.78, 5) is 11.6. The molecule has 0 aliphatic rings. The van der Waals surface area contributed by atoms with Crippen molar-refractivity contribution in [3.05, 3.63) is 24.3 Å². The Labute approximate surface area is 126 Å². The fraction of sp³-hybridized carbons (Fsp3) is 0.500. The molecule has 1 rings (SSSR count). The fourth-order valence-electron chi connectivity index (χ4n) is 1.41. The molecule has 5 nitrogen and oxygen atoms in total. The van der Waals surface area contributed by atoms with Crippen LogP contribution in [0.3, 0.4) is 0 Å². The summed E-state index contributed by atoms with van der Waals surface area (Å²) in [5.41, 5.74) is 0.399. The highest BCUT2D eigenvalue weighted by Gasteiger charge is 2.28. The first kappa shape index (κ1) is 18.1. The van der Waals surface area contributed by atoms with Crippen LogP contribution in [0.5, 0.6) is 5.75 Å². The number of carbonyl (C=O) groups is 1. The van der Waals surface area contributed by atoms with Crippen LogP contribution >= 0.6 is 0 Å². The first-order chi connectivity index (χ1) is 10.2. The number of urea groups is 1. The van der Waals surface area contributed by atoms with Crippen molar-refractivity contribution in [1.29, 1.82) is 0 Å². The molecule has 3 N–H and O–H groups in total. The van der Waals surface area contributed by atoms with E-state index < -0.39 is 24.9 Å². The van der Waals surface area contributed by atoms with Crippen molar-refractivity contribution in [3.63, 3.8) is 0 Å². The highest BCUT2D eigenvalue weighted by atomic mass is 19.4. The number of hydrogen-bond acceptors (Lipinski definition) is 3. The minimum atomic E-state index is -4.39. The van der Waals surface area contributed by atoms with Gasteiger partial charge in [-0.05, 0) is 30.2 Å². The van der Waals surface area contributed by atoms with E-state index in [1.165, 1.54) is 24.3 Å². The molecule has 0 fully saturated rings. The van der Waals surface area contributed by atoms with Crippen LogP contribution in [0.4, 0.5) is 23.7 Å². The molecule has 0 unspecified atom stereocenters. The van der Waals surface area contributed by atoms with Crippen LogP contribution in [0.25, 0.3) is 0 Å². The summed E-state index contributed by atoms with van der Waals surface area (Å²) in [5.74, 6) is 0.0730. The Hall–Kier alpha value is -1.96. The smallest absolute Gasteiger partial charge is 0.422 e. The summed E-state index contributed by atoms with van der Waals surface area (Å²) in [6.45, 7) is 2.39. The topological polar surface area (TPSA) is 70.6 Å². The van der Waals surface area contributed by atoms with E-state index in [0.29, 0.717) is 5.69 Å². The van der Waals surface area contributed by atoms with Crippen LogP contribution in [0.1, 0.15) is 13.8 Å². The standard InChI is InChI=1S/C14H19F3N2O3/c1-9(2)12(20)7-18-13(21)19-10-3-5-11(6-4-10)22-8-14(15,16)17/h3-6,9,12,20H,7-8H2,1-2H3,(H2,18,19,21)/t12-/m0/s1. The highest BCUT2D eigenvalue weighted by molar-refractivity contribution is 5.89. The Morgan fingerprint density at radius 3 is 2.36 bits per heavy atom. The summed E-state index contributed by atoms with van der Waals surface area (Å²) in [7, 11) is 0. The molecule has 124 valence electrons. The molecule has 1 atom stereocenters. The molecule has 0 aliphatic carbocycles. The number of nitrogens with one attached hydrogen (secondary N) is 2. The van der Waals surface area contributed by atoms with Gasteiger partial charge in [-0.2, -0.15) is 13.2 Å². The van der Waals surface area contributed by atoms with Gasteiger partial charge in [0.05, 0.1) is 6.10 Å². The quantitative estimate of drug-likeness (QED) is 0.755. The van der Waals surface area contributed by atoms with Gasteiger partial charge < -0.3 is 20.5 Å². The third-order valence-electron chi connectivity index (χ3n) is 2.76. The second-order valence-corrected chi connectivity index (χ2v) is 5.07. The first-order valence-electron chi connectivity index (χ1n) is 6.70. The predicted octanol–water partition coefficient (Wildman–Crippen LogP) is 2.77. The summed E-state index contributed by atoms with van der Waals surface area (Å²) >= 11 is 0. The Balaban J connectivity index is 2.42. The van der Waals surface area contributed by atoms with Gasteiger partial charge >= 0.3 is 12.2 Å². The van der Waals surface area contributed by atoms with Crippen molar-refractivity contribution < 1.29 is 27.8 Å². The largest absolute Gasteiger partial charge is 0.484 e. The molecular weight excluding hydrogens is 301 g/mol. The minimum Gasteiger partial charge on any atom is -0.484 e. The number of rotatable bonds is 6. The van der Waals surface area contributed by atoms with Gasteiger partial charge in [0.1, 0.15) is 5.75 Å². The molecule has 0 aromatic heterocycles. The maximum absolute atomic E-state index is 12.0. The van der Waals surface area contributed by atoms with Crippen molar-refractivity contribution in [2.24, 2.45) is 5.92 Å². The number of alkyl halides is 3. The molecule has 0 bridgehead atoms. The maximum Gasteiger partial charge on any atom is 0.422 e. The van der Waals surface area contributed by atoms with Gasteiger partial charge in [0.15, 0.2) is 6.61 Å². The third-order valence-corrected chi connectivity index (χ3v) is 2.76. The zero-order chi connectivity index (χ0) is 16.8. The van der Waals surface area contributed by atoms with E-state index in [1.807, 2.05) is 13.8 Å². The van der Waals surface area contributed by atoms with Gasteiger partial charge in [0, 0.05) is 12.2 Å². The molecule has 0 radical (unpaired) electrons. The van der Waals surface area contributed by atoms with Gasteiger partial charge in [-0.1, -0.05) is 13.8 Å². The van der Waals surface area contributed by atoms with Crippen molar-refractivity contribution in [2.75, 3.05) is 18.5 Å². The molecule has 22 heavy (non-hydrogen) atoms. The minimum absolute atomic E-state index is 0.0189. The van der Waals surface area contributed by atoms with Crippen LogP contribution < -0.4 is 15.4 Å². The summed E-state index contributed by atoms with van der Waals surface area (Å²) in [6.07, 6.45) is -5.04. The molecular formula is C14H19F3N2O3. The van der Waals surface area contributed by atoms with E-state index in [0.717, 1.165) is 0 Å². The van der Waals surface area contributed by atoms with E-state index >= 15 is 0 Å². The Morgan fingerprint density at radius 1 is 1.27 bits per heavy atom. The van der Waals surface area contributed by atoms with Gasteiger partial charge in [-0.3, -0.25) is 0 Å². The average molecular weight is 320 g/mol. The second-order valence-electron chi connectivity index (χ2n) is 5.07. The molecule has 0 saturated heterocycles. The third kappa shape index (κ3) is 7.16. The van der Waals surface area contributed by atoms with Crippen molar-refractivity contribution in [1.82, 2.24) is 5.32 Å². The Bertz CT molecular complexity index is 475. The molecule has 1 aromatic rings. The van der Waals surface area contributed by atoms with E-state index in [9.17, 15) is 23.1 Å². The molecule has 8 heteroatoms. The Morgan fingerprint density at radius 2 is 1.86 bits per heavy atom. The molecule has 0 aliphatic heterocycles. The summed E-state index contributed by atoms with van der Waals surface area (Å²) in [6, 6.07) is 4.98. The maximum atomic E-state index is 12.0. The lowest BCUT2D eigenvalue weighted by Crippen LogP contribution is -2.37. The number of aliphatic hydroxyl groups is 1. The predicted molar refractivity (Wildman–Crippen MR) is 75.9 cm³/mol. The first-order valence-corrected chi connectivity index (χ1v) is 6.70. The number of anilines is 1. The number of hydrogen-bond donors (Lipinski definition) is 3. The molecule has 0 heterocycles. The van der Waals surface area contributed by atoms with Crippen molar-refractivity contribution in [2.45, 2.75) is 26.1 Å². The van der Waals surface area contributed by atoms with Gasteiger partial charge in [0.25, 0.3) is 0 Å². The lowest BCUT2D eigenvalue weighted by Gasteiger charge is -2.15. The van der Waals surface area contributed by atoms with Gasteiger partial charge in [-0.15, -0.1) is 0 Å². The second kappa shape index (κ2) is 7.88. The number of amides is 2. The zero-order valence-corrected chi connectivity index (χ0v) is 12.3. The lowest BCUT2D eigenvalue weighted by molar-refractivity contribution is -0.153. The van der Waals surface area contributed by atoms with E-state index in [4.69, 9.17) is 0 Å². The SMILES string of the molecule is CC(C)[C@@H](O)CNC(=O)Nc1ccc(OCC(F)(F)F)cc1. The number of ether oxygens (including phenoxy) is 1. The molecule has 0 saturated carbocycles. The average Bonchev–Trinajstić information content (AvgIpc) is 2.43. The Kier molecular flexibility index (Phi) is 6.48. The number of benzene rings is 1. The highest BCUT2D eigenvalue weighted by Crippen LogP contribution is 2.20. The molecule has 1 aromatic carbocycles. The van der Waals surface area contributed by atoms with Crippen molar-refractivity contribution >= 4 is 11.7 Å². The summed E-state index contributed by atoms with van der Waals surface area (Å²) < 4.78 is 40.5.